The Balaban J connectivity index is 2.67. The van der Waals surface area contributed by atoms with E-state index in [0.29, 0.717) is 0 Å². The minimum absolute atomic E-state index is 0.245. The fourth-order valence-corrected chi connectivity index (χ4v) is 2.99. The van der Waals surface area contributed by atoms with E-state index >= 15 is 0 Å². The molecule has 14 heavy (non-hydrogen) atoms. The van der Waals surface area contributed by atoms with Crippen molar-refractivity contribution in [1.29, 1.82) is 0 Å². The second-order valence-electron chi connectivity index (χ2n) is 4.19. The number of rotatable bonds is 0. The van der Waals surface area contributed by atoms with Crippen LogP contribution < -0.4 is 5.73 Å². The Morgan fingerprint density at radius 3 is 2.86 bits per heavy atom. The summed E-state index contributed by atoms with van der Waals surface area (Å²) in [4.78, 5) is 0. The zero-order valence-corrected chi connectivity index (χ0v) is 10.3. The van der Waals surface area contributed by atoms with Crippen molar-refractivity contribution in [2.24, 2.45) is 5.73 Å². The number of halogens is 1. The largest absolute Gasteiger partial charge is 0.324 e. The minimum atomic E-state index is 0.245. The van der Waals surface area contributed by atoms with Crippen LogP contribution in [0.3, 0.4) is 0 Å². The third kappa shape index (κ3) is 1.51. The maximum absolute atomic E-state index is 6.16. The molecule has 2 N–H and O–H groups in total. The summed E-state index contributed by atoms with van der Waals surface area (Å²) in [6.07, 6.45) is 3.56. The summed E-state index contributed by atoms with van der Waals surface area (Å²) >= 11 is 3.60. The van der Waals surface area contributed by atoms with E-state index in [4.69, 9.17) is 5.73 Å². The van der Waals surface area contributed by atoms with Crippen molar-refractivity contribution in [2.75, 3.05) is 0 Å². The summed E-state index contributed by atoms with van der Waals surface area (Å²) in [6, 6.07) is 2.46. The zero-order chi connectivity index (χ0) is 10.3. The van der Waals surface area contributed by atoms with E-state index in [1.807, 2.05) is 0 Å². The Morgan fingerprint density at radius 2 is 2.14 bits per heavy atom. The van der Waals surface area contributed by atoms with Crippen LogP contribution in [-0.4, -0.2) is 0 Å². The van der Waals surface area contributed by atoms with Crippen LogP contribution in [0, 0.1) is 13.8 Å². The normalized spacial score (nSPS) is 20.7. The Hall–Kier alpha value is -0.340. The van der Waals surface area contributed by atoms with E-state index < -0.39 is 0 Å². The van der Waals surface area contributed by atoms with Crippen LogP contribution in [0.4, 0.5) is 0 Å². The Morgan fingerprint density at radius 1 is 1.43 bits per heavy atom. The van der Waals surface area contributed by atoms with Gasteiger partial charge in [0.15, 0.2) is 0 Å². The summed E-state index contributed by atoms with van der Waals surface area (Å²) in [6.45, 7) is 4.34. The molecule has 0 fully saturated rings. The molecular formula is C12H16BrN. The smallest absolute Gasteiger partial charge is 0.0300 e. The summed E-state index contributed by atoms with van der Waals surface area (Å²) < 4.78 is 1.20. The number of hydrogen-bond donors (Lipinski definition) is 1. The molecule has 0 saturated heterocycles. The highest BCUT2D eigenvalue weighted by molar-refractivity contribution is 9.10. The van der Waals surface area contributed by atoms with Crippen molar-refractivity contribution in [3.63, 3.8) is 0 Å². The standard InChI is InChI=1S/C12H16BrN/c1-7-6-10(13)8(2)12-9(7)4-3-5-11(12)14/h6,11H,3-5,14H2,1-2H3/t11-/m0/s1. The van der Waals surface area contributed by atoms with Gasteiger partial charge in [0.2, 0.25) is 0 Å². The number of benzene rings is 1. The maximum atomic E-state index is 6.16. The molecule has 0 amide bonds. The van der Waals surface area contributed by atoms with Crippen molar-refractivity contribution >= 4 is 15.9 Å². The first-order valence-electron chi connectivity index (χ1n) is 5.15. The molecule has 0 aromatic heterocycles. The lowest BCUT2D eigenvalue weighted by Crippen LogP contribution is -2.20. The van der Waals surface area contributed by atoms with E-state index in [1.165, 1.54) is 39.6 Å². The fraction of sp³-hybridized carbons (Fsp3) is 0.500. The van der Waals surface area contributed by atoms with Gasteiger partial charge in [-0.05, 0) is 61.4 Å². The molecule has 2 rings (SSSR count). The Labute approximate surface area is 93.8 Å². The van der Waals surface area contributed by atoms with Crippen LogP contribution in [0.15, 0.2) is 10.5 Å². The summed E-state index contributed by atoms with van der Waals surface area (Å²) in [5, 5.41) is 0. The highest BCUT2D eigenvalue weighted by Gasteiger charge is 2.21. The predicted octanol–water partition coefficient (Wildman–Crippen LogP) is 3.40. The van der Waals surface area contributed by atoms with E-state index in [0.717, 1.165) is 6.42 Å². The number of fused-ring (bicyclic) bond motifs is 1. The molecule has 0 unspecified atom stereocenters. The van der Waals surface area contributed by atoms with Crippen molar-refractivity contribution in [1.82, 2.24) is 0 Å². The highest BCUT2D eigenvalue weighted by Crippen LogP contribution is 2.36. The second kappa shape index (κ2) is 3.67. The fourth-order valence-electron chi connectivity index (χ4n) is 2.43. The molecule has 1 aromatic carbocycles. The molecule has 1 aliphatic rings. The van der Waals surface area contributed by atoms with Gasteiger partial charge >= 0.3 is 0 Å². The zero-order valence-electron chi connectivity index (χ0n) is 8.73. The highest BCUT2D eigenvalue weighted by atomic mass is 79.9. The first-order valence-corrected chi connectivity index (χ1v) is 5.94. The van der Waals surface area contributed by atoms with Crippen molar-refractivity contribution in [2.45, 2.75) is 39.2 Å². The van der Waals surface area contributed by atoms with Crippen LogP contribution in [0.5, 0.6) is 0 Å². The SMILES string of the molecule is Cc1cc(Br)c(C)c2c1CCC[C@@H]2N. The van der Waals surface area contributed by atoms with E-state index in [1.54, 1.807) is 0 Å². The molecule has 1 atom stereocenters. The predicted molar refractivity (Wildman–Crippen MR) is 63.5 cm³/mol. The van der Waals surface area contributed by atoms with E-state index in [9.17, 15) is 0 Å². The van der Waals surface area contributed by atoms with Gasteiger partial charge in [-0.25, -0.2) is 0 Å². The minimum Gasteiger partial charge on any atom is -0.324 e. The van der Waals surface area contributed by atoms with Crippen molar-refractivity contribution in [3.8, 4) is 0 Å². The molecular weight excluding hydrogens is 238 g/mol. The molecule has 0 bridgehead atoms. The Bertz CT molecular complexity index is 371. The van der Waals surface area contributed by atoms with E-state index in [-0.39, 0.29) is 6.04 Å². The summed E-state index contributed by atoms with van der Waals surface area (Å²) in [7, 11) is 0. The average molecular weight is 254 g/mol. The van der Waals surface area contributed by atoms with Crippen LogP contribution in [-0.2, 0) is 6.42 Å². The van der Waals surface area contributed by atoms with Gasteiger partial charge < -0.3 is 5.73 Å². The number of nitrogens with two attached hydrogens (primary N) is 1. The number of aryl methyl sites for hydroxylation is 1. The lowest BCUT2D eigenvalue weighted by molar-refractivity contribution is 0.565. The monoisotopic (exact) mass is 253 g/mol. The van der Waals surface area contributed by atoms with Crippen LogP contribution >= 0.6 is 15.9 Å². The van der Waals surface area contributed by atoms with Crippen LogP contribution in [0.1, 0.15) is 41.1 Å². The van der Waals surface area contributed by atoms with Gasteiger partial charge in [-0.15, -0.1) is 0 Å². The van der Waals surface area contributed by atoms with Gasteiger partial charge in [-0.1, -0.05) is 15.9 Å². The Kier molecular flexibility index (Phi) is 2.67. The molecule has 0 aliphatic heterocycles. The third-order valence-corrected chi connectivity index (χ3v) is 4.04. The van der Waals surface area contributed by atoms with Gasteiger partial charge in [0.1, 0.15) is 0 Å². The molecule has 1 nitrogen and oxygen atoms in total. The van der Waals surface area contributed by atoms with Crippen LogP contribution in [0.25, 0.3) is 0 Å². The molecule has 1 aliphatic carbocycles. The van der Waals surface area contributed by atoms with Crippen LogP contribution in [0.2, 0.25) is 0 Å². The first kappa shape index (κ1) is 10.2. The molecule has 0 radical (unpaired) electrons. The lowest BCUT2D eigenvalue weighted by Gasteiger charge is -2.26. The van der Waals surface area contributed by atoms with Gasteiger partial charge in [0, 0.05) is 10.5 Å². The molecule has 76 valence electrons. The molecule has 0 heterocycles. The van der Waals surface area contributed by atoms with E-state index in [2.05, 4.69) is 35.8 Å². The molecule has 2 heteroatoms. The maximum Gasteiger partial charge on any atom is 0.0300 e. The van der Waals surface area contributed by atoms with Gasteiger partial charge in [0.25, 0.3) is 0 Å². The second-order valence-corrected chi connectivity index (χ2v) is 5.05. The topological polar surface area (TPSA) is 26.0 Å². The molecule has 0 saturated carbocycles. The average Bonchev–Trinajstić information content (AvgIpc) is 2.14. The summed E-state index contributed by atoms with van der Waals surface area (Å²) in [5.41, 5.74) is 11.8. The molecule has 0 spiro atoms. The first-order chi connectivity index (χ1) is 6.61. The summed E-state index contributed by atoms with van der Waals surface area (Å²) in [5.74, 6) is 0. The third-order valence-electron chi connectivity index (χ3n) is 3.22. The van der Waals surface area contributed by atoms with Gasteiger partial charge in [0.05, 0.1) is 0 Å². The van der Waals surface area contributed by atoms with Gasteiger partial charge in [-0.2, -0.15) is 0 Å². The van der Waals surface area contributed by atoms with Crippen molar-refractivity contribution in [3.05, 3.63) is 32.8 Å². The lowest BCUT2D eigenvalue weighted by atomic mass is 9.83. The van der Waals surface area contributed by atoms with Gasteiger partial charge in [-0.3, -0.25) is 0 Å². The quantitative estimate of drug-likeness (QED) is 0.754. The number of hydrogen-bond acceptors (Lipinski definition) is 1. The van der Waals surface area contributed by atoms with Crippen molar-refractivity contribution < 1.29 is 0 Å². The molecule has 1 aromatic rings.